The van der Waals surface area contributed by atoms with Crippen molar-refractivity contribution in [3.8, 4) is 0 Å². The first-order valence-corrected chi connectivity index (χ1v) is 7.14. The van der Waals surface area contributed by atoms with Crippen molar-refractivity contribution in [1.29, 1.82) is 0 Å². The highest BCUT2D eigenvalue weighted by Crippen LogP contribution is 2.29. The molecule has 1 saturated heterocycles. The Bertz CT molecular complexity index is 383. The van der Waals surface area contributed by atoms with Gasteiger partial charge in [-0.25, -0.2) is 0 Å². The van der Waals surface area contributed by atoms with Crippen LogP contribution in [0.15, 0.2) is 18.2 Å². The molecule has 1 aliphatic heterocycles. The van der Waals surface area contributed by atoms with Gasteiger partial charge in [-0.1, -0.05) is 30.7 Å². The molecule has 1 N–H and O–H groups in total. The third kappa shape index (κ3) is 3.12. The van der Waals surface area contributed by atoms with E-state index in [2.05, 4.69) is 44.3 Å². The molecule has 0 saturated carbocycles. The molecule has 0 radical (unpaired) electrons. The average molecular weight is 247 g/mol. The van der Waals surface area contributed by atoms with Gasteiger partial charge in [-0.05, 0) is 50.8 Å². The lowest BCUT2D eigenvalue weighted by atomic mass is 9.94. The highest BCUT2D eigenvalue weighted by molar-refractivity contribution is 5.33. The summed E-state index contributed by atoms with van der Waals surface area (Å²) in [6.07, 6.45) is 3.87. The van der Waals surface area contributed by atoms with Crippen LogP contribution in [0.5, 0.6) is 0 Å². The second-order valence-corrected chi connectivity index (χ2v) is 5.34. The van der Waals surface area contributed by atoms with E-state index in [0.717, 1.165) is 19.6 Å². The van der Waals surface area contributed by atoms with Crippen LogP contribution in [0.25, 0.3) is 0 Å². The van der Waals surface area contributed by atoms with E-state index < -0.39 is 0 Å². The van der Waals surface area contributed by atoms with Gasteiger partial charge in [0, 0.05) is 6.61 Å². The number of hydrogen-bond acceptors (Lipinski definition) is 2. The normalized spacial score (nSPS) is 21.2. The third-order valence-corrected chi connectivity index (χ3v) is 3.72. The van der Waals surface area contributed by atoms with Gasteiger partial charge in [-0.3, -0.25) is 0 Å². The zero-order valence-electron chi connectivity index (χ0n) is 11.8. The minimum absolute atomic E-state index is 0.344. The van der Waals surface area contributed by atoms with Crippen LogP contribution in [-0.4, -0.2) is 19.3 Å². The molecule has 0 bridgehead atoms. The van der Waals surface area contributed by atoms with Crippen LogP contribution in [0.3, 0.4) is 0 Å². The Hall–Kier alpha value is -0.860. The van der Waals surface area contributed by atoms with Crippen LogP contribution >= 0.6 is 0 Å². The summed E-state index contributed by atoms with van der Waals surface area (Å²) in [6.45, 7) is 8.54. The van der Waals surface area contributed by atoms with Crippen molar-refractivity contribution in [3.05, 3.63) is 34.9 Å². The highest BCUT2D eigenvalue weighted by atomic mass is 16.5. The molecule has 0 spiro atoms. The molecule has 2 rings (SSSR count). The predicted octanol–water partition coefficient (Wildman–Crippen LogP) is 3.52. The monoisotopic (exact) mass is 247 g/mol. The van der Waals surface area contributed by atoms with Crippen molar-refractivity contribution in [2.75, 3.05) is 13.2 Å². The lowest BCUT2D eigenvalue weighted by Gasteiger charge is -2.26. The van der Waals surface area contributed by atoms with Gasteiger partial charge in [0.2, 0.25) is 0 Å². The van der Waals surface area contributed by atoms with E-state index in [1.165, 1.54) is 29.5 Å². The van der Waals surface area contributed by atoms with Crippen molar-refractivity contribution < 1.29 is 4.74 Å². The molecule has 1 heterocycles. The standard InChI is InChI=1S/C16H25NO/c1-4-9-17-16(15-6-5-10-18-15)14-11-12(2)7-8-13(14)3/h7-8,11,15-17H,4-6,9-10H2,1-3H3. The molecule has 18 heavy (non-hydrogen) atoms. The summed E-state index contributed by atoms with van der Waals surface area (Å²) in [6, 6.07) is 7.07. The molecule has 2 heteroatoms. The second kappa shape index (κ2) is 6.35. The Morgan fingerprint density at radius 1 is 1.39 bits per heavy atom. The zero-order chi connectivity index (χ0) is 13.0. The van der Waals surface area contributed by atoms with Gasteiger partial charge < -0.3 is 10.1 Å². The Morgan fingerprint density at radius 3 is 2.89 bits per heavy atom. The molecule has 2 unspecified atom stereocenters. The Kier molecular flexibility index (Phi) is 4.79. The SMILES string of the molecule is CCCNC(c1cc(C)ccc1C)C1CCCO1. The van der Waals surface area contributed by atoms with Crippen molar-refractivity contribution in [3.63, 3.8) is 0 Å². The fraction of sp³-hybridized carbons (Fsp3) is 0.625. The van der Waals surface area contributed by atoms with Crippen LogP contribution < -0.4 is 5.32 Å². The van der Waals surface area contributed by atoms with E-state index in [0.29, 0.717) is 12.1 Å². The van der Waals surface area contributed by atoms with Gasteiger partial charge in [0.1, 0.15) is 0 Å². The molecule has 1 fully saturated rings. The first-order valence-electron chi connectivity index (χ1n) is 7.14. The fourth-order valence-corrected chi connectivity index (χ4v) is 2.70. The number of benzene rings is 1. The number of nitrogens with one attached hydrogen (secondary N) is 1. The van der Waals surface area contributed by atoms with Crippen LogP contribution in [0.1, 0.15) is 48.9 Å². The molecular formula is C16H25NO. The molecule has 2 nitrogen and oxygen atoms in total. The first-order chi connectivity index (χ1) is 8.72. The summed E-state index contributed by atoms with van der Waals surface area (Å²) >= 11 is 0. The van der Waals surface area contributed by atoms with Crippen molar-refractivity contribution in [2.24, 2.45) is 0 Å². The van der Waals surface area contributed by atoms with E-state index >= 15 is 0 Å². The van der Waals surface area contributed by atoms with Gasteiger partial charge in [0.15, 0.2) is 0 Å². The van der Waals surface area contributed by atoms with Crippen molar-refractivity contribution >= 4 is 0 Å². The summed E-state index contributed by atoms with van der Waals surface area (Å²) in [5.41, 5.74) is 4.11. The predicted molar refractivity (Wildman–Crippen MR) is 75.9 cm³/mol. The topological polar surface area (TPSA) is 21.3 Å². The lowest BCUT2D eigenvalue weighted by Crippen LogP contribution is -2.32. The zero-order valence-corrected chi connectivity index (χ0v) is 11.8. The molecule has 2 atom stereocenters. The molecular weight excluding hydrogens is 222 g/mol. The van der Waals surface area contributed by atoms with Crippen LogP contribution in [0.4, 0.5) is 0 Å². The molecule has 0 amide bonds. The van der Waals surface area contributed by atoms with E-state index in [-0.39, 0.29) is 0 Å². The molecule has 1 aromatic carbocycles. The van der Waals surface area contributed by atoms with E-state index in [1.807, 2.05) is 0 Å². The average Bonchev–Trinajstić information content (AvgIpc) is 2.88. The molecule has 0 aromatic heterocycles. The largest absolute Gasteiger partial charge is 0.376 e. The molecule has 1 aliphatic rings. The van der Waals surface area contributed by atoms with Gasteiger partial charge >= 0.3 is 0 Å². The summed E-state index contributed by atoms with van der Waals surface area (Å²) in [5, 5.41) is 3.67. The molecule has 100 valence electrons. The lowest BCUT2D eigenvalue weighted by molar-refractivity contribution is 0.0781. The second-order valence-electron chi connectivity index (χ2n) is 5.34. The van der Waals surface area contributed by atoms with Crippen LogP contribution in [0.2, 0.25) is 0 Å². The number of hydrogen-bond donors (Lipinski definition) is 1. The Morgan fingerprint density at radius 2 is 2.22 bits per heavy atom. The van der Waals surface area contributed by atoms with Crippen LogP contribution in [-0.2, 0) is 4.74 Å². The minimum atomic E-state index is 0.344. The van der Waals surface area contributed by atoms with Gasteiger partial charge in [0.25, 0.3) is 0 Å². The molecule has 0 aliphatic carbocycles. The summed E-state index contributed by atoms with van der Waals surface area (Å²) in [4.78, 5) is 0. The molecule has 1 aromatic rings. The fourth-order valence-electron chi connectivity index (χ4n) is 2.70. The van der Waals surface area contributed by atoms with Crippen LogP contribution in [0, 0.1) is 13.8 Å². The maximum Gasteiger partial charge on any atom is 0.0770 e. The Balaban J connectivity index is 2.23. The van der Waals surface area contributed by atoms with E-state index in [4.69, 9.17) is 4.74 Å². The third-order valence-electron chi connectivity index (χ3n) is 3.72. The highest BCUT2D eigenvalue weighted by Gasteiger charge is 2.27. The summed E-state index contributed by atoms with van der Waals surface area (Å²) < 4.78 is 5.90. The summed E-state index contributed by atoms with van der Waals surface area (Å²) in [5.74, 6) is 0. The van der Waals surface area contributed by atoms with Crippen molar-refractivity contribution in [2.45, 2.75) is 52.2 Å². The summed E-state index contributed by atoms with van der Waals surface area (Å²) in [7, 11) is 0. The van der Waals surface area contributed by atoms with Gasteiger partial charge in [-0.2, -0.15) is 0 Å². The van der Waals surface area contributed by atoms with E-state index in [1.54, 1.807) is 0 Å². The number of aryl methyl sites for hydroxylation is 2. The number of rotatable bonds is 5. The number of ether oxygens (including phenoxy) is 1. The van der Waals surface area contributed by atoms with Gasteiger partial charge in [-0.15, -0.1) is 0 Å². The van der Waals surface area contributed by atoms with E-state index in [9.17, 15) is 0 Å². The maximum atomic E-state index is 5.90. The quantitative estimate of drug-likeness (QED) is 0.859. The van der Waals surface area contributed by atoms with Crippen molar-refractivity contribution in [1.82, 2.24) is 5.32 Å². The smallest absolute Gasteiger partial charge is 0.0770 e. The minimum Gasteiger partial charge on any atom is -0.376 e. The first kappa shape index (κ1) is 13.6. The maximum absolute atomic E-state index is 5.90. The van der Waals surface area contributed by atoms with Gasteiger partial charge in [0.05, 0.1) is 12.1 Å². The Labute approximate surface area is 111 Å².